The van der Waals surface area contributed by atoms with E-state index < -0.39 is 10.9 Å². The maximum absolute atomic E-state index is 10.7. The van der Waals surface area contributed by atoms with E-state index in [9.17, 15) is 8.42 Å². The molecule has 2 rings (SSSR count). The van der Waals surface area contributed by atoms with E-state index in [1.54, 1.807) is 0 Å². The highest BCUT2D eigenvalue weighted by Gasteiger charge is 2.19. The summed E-state index contributed by atoms with van der Waals surface area (Å²) in [5, 5.41) is 0. The van der Waals surface area contributed by atoms with E-state index in [0.29, 0.717) is 6.54 Å². The van der Waals surface area contributed by atoms with Crippen molar-refractivity contribution >= 4 is 16.6 Å². The molecular formula is C8H9NO2S. The van der Waals surface area contributed by atoms with Crippen LogP contribution in [0.25, 0.3) is 0 Å². The summed E-state index contributed by atoms with van der Waals surface area (Å²) in [5.41, 5.74) is 1.96. The summed E-state index contributed by atoms with van der Waals surface area (Å²) in [6.07, 6.45) is 0.833. The van der Waals surface area contributed by atoms with Crippen LogP contribution in [0, 0.1) is 0 Å². The van der Waals surface area contributed by atoms with Gasteiger partial charge in [0.2, 0.25) is 10.9 Å². The number of hydrogen-bond acceptors (Lipinski definition) is 2. The first-order valence-corrected chi connectivity index (χ1v) is 4.92. The number of hydrogen-bond donors (Lipinski definition) is 1. The fourth-order valence-corrected chi connectivity index (χ4v) is 2.12. The lowest BCUT2D eigenvalue weighted by atomic mass is 10.2. The van der Waals surface area contributed by atoms with E-state index in [1.807, 2.05) is 24.3 Å². The van der Waals surface area contributed by atoms with Crippen LogP contribution in [0.2, 0.25) is 0 Å². The third kappa shape index (κ3) is 1.08. The molecule has 0 aliphatic carbocycles. The van der Waals surface area contributed by atoms with E-state index in [2.05, 4.69) is 0 Å². The van der Waals surface area contributed by atoms with E-state index in [1.165, 1.54) is 4.31 Å². The van der Waals surface area contributed by atoms with Crippen LogP contribution in [0.5, 0.6) is 0 Å². The van der Waals surface area contributed by atoms with Crippen LogP contribution in [-0.4, -0.2) is 15.0 Å². The van der Waals surface area contributed by atoms with Crippen molar-refractivity contribution in [2.24, 2.45) is 0 Å². The molecule has 4 heteroatoms. The van der Waals surface area contributed by atoms with Gasteiger partial charge in [0.1, 0.15) is 0 Å². The van der Waals surface area contributed by atoms with Gasteiger partial charge < -0.3 is 0 Å². The molecule has 12 heavy (non-hydrogen) atoms. The number of anilines is 1. The highest BCUT2D eigenvalue weighted by atomic mass is 32.2. The number of thiol groups is 1. The molecule has 0 bridgehead atoms. The zero-order valence-electron chi connectivity index (χ0n) is 6.43. The van der Waals surface area contributed by atoms with Crippen molar-refractivity contribution in [3.8, 4) is 0 Å². The van der Waals surface area contributed by atoms with Crippen LogP contribution < -0.4 is 4.31 Å². The lowest BCUT2D eigenvalue weighted by Gasteiger charge is -2.08. The van der Waals surface area contributed by atoms with E-state index in [4.69, 9.17) is 0 Å². The van der Waals surface area contributed by atoms with Gasteiger partial charge >= 0.3 is 0 Å². The van der Waals surface area contributed by atoms with Crippen molar-refractivity contribution < 1.29 is 8.42 Å². The summed E-state index contributed by atoms with van der Waals surface area (Å²) in [4.78, 5) is 0. The lowest BCUT2D eigenvalue weighted by molar-refractivity contribution is 0.611. The van der Waals surface area contributed by atoms with E-state index >= 15 is 0 Å². The zero-order valence-corrected chi connectivity index (χ0v) is 7.33. The second-order valence-electron chi connectivity index (χ2n) is 2.74. The Bertz CT molecular complexity index is 365. The number of benzene rings is 1. The van der Waals surface area contributed by atoms with Gasteiger partial charge in [0.25, 0.3) is 0 Å². The largest absolute Gasteiger partial charge is 0.272 e. The molecule has 3 nitrogen and oxygen atoms in total. The van der Waals surface area contributed by atoms with Gasteiger partial charge in [0.15, 0.2) is 0 Å². The van der Waals surface area contributed by atoms with Crippen LogP contribution in [0.4, 0.5) is 5.69 Å². The minimum atomic E-state index is -2.45. The van der Waals surface area contributed by atoms with Crippen LogP contribution in [0.15, 0.2) is 24.3 Å². The van der Waals surface area contributed by atoms with Gasteiger partial charge in [0.05, 0.1) is 5.69 Å². The Morgan fingerprint density at radius 2 is 2.00 bits per heavy atom. The van der Waals surface area contributed by atoms with Crippen LogP contribution >= 0.6 is 0 Å². The summed E-state index contributed by atoms with van der Waals surface area (Å²) in [6, 6.07) is 7.60. The van der Waals surface area contributed by atoms with Crippen molar-refractivity contribution in [2.45, 2.75) is 6.42 Å². The average Bonchev–Trinajstić information content (AvgIpc) is 2.47. The molecule has 1 aromatic carbocycles. The Kier molecular flexibility index (Phi) is 1.77. The van der Waals surface area contributed by atoms with Gasteiger partial charge in [-0.3, -0.25) is 4.31 Å². The number of fused-ring (bicyclic) bond motifs is 1. The molecule has 0 fully saturated rings. The molecule has 64 valence electrons. The summed E-state index contributed by atoms with van der Waals surface area (Å²) < 4.78 is 22.9. The van der Waals surface area contributed by atoms with Gasteiger partial charge in [-0.2, -0.15) is 0 Å². The maximum Gasteiger partial charge on any atom is 0.225 e. The quantitative estimate of drug-likeness (QED) is 0.646. The molecule has 0 radical (unpaired) electrons. The zero-order chi connectivity index (χ0) is 8.55. The number of para-hydroxylation sites is 1. The Hall–Kier alpha value is -1.03. The van der Waals surface area contributed by atoms with Crippen molar-refractivity contribution in [1.29, 1.82) is 0 Å². The minimum absolute atomic E-state index is 0.595. The van der Waals surface area contributed by atoms with Gasteiger partial charge in [-0.25, -0.2) is 8.42 Å². The standard InChI is InChI=1S/C8H9NO2S/c10-12(11)9-6-5-7-3-1-2-4-8(7)9/h1-4,12H,5-6H2. The van der Waals surface area contributed by atoms with Gasteiger partial charge in [0, 0.05) is 6.54 Å². The van der Waals surface area contributed by atoms with Crippen molar-refractivity contribution in [3.05, 3.63) is 29.8 Å². The van der Waals surface area contributed by atoms with Gasteiger partial charge in [-0.1, -0.05) is 18.2 Å². The molecule has 0 spiro atoms. The van der Waals surface area contributed by atoms with Crippen molar-refractivity contribution in [3.63, 3.8) is 0 Å². The Morgan fingerprint density at radius 1 is 1.25 bits per heavy atom. The second kappa shape index (κ2) is 2.79. The number of nitrogens with zero attached hydrogens (tertiary/aromatic N) is 1. The van der Waals surface area contributed by atoms with E-state index in [0.717, 1.165) is 17.7 Å². The smallest absolute Gasteiger partial charge is 0.225 e. The minimum Gasteiger partial charge on any atom is -0.272 e. The first-order chi connectivity index (χ1) is 5.79. The molecule has 0 saturated carbocycles. The predicted molar refractivity (Wildman–Crippen MR) is 47.8 cm³/mol. The highest BCUT2D eigenvalue weighted by molar-refractivity contribution is 7.74. The molecule has 1 aliphatic rings. The fourth-order valence-electron chi connectivity index (χ4n) is 1.49. The average molecular weight is 183 g/mol. The van der Waals surface area contributed by atoms with Gasteiger partial charge in [-0.05, 0) is 18.1 Å². The van der Waals surface area contributed by atoms with Crippen LogP contribution in [0.3, 0.4) is 0 Å². The summed E-state index contributed by atoms with van der Waals surface area (Å²) in [6.45, 7) is 0.595. The lowest BCUT2D eigenvalue weighted by Crippen LogP contribution is -2.17. The second-order valence-corrected chi connectivity index (χ2v) is 3.70. The van der Waals surface area contributed by atoms with E-state index in [-0.39, 0.29) is 0 Å². The summed E-state index contributed by atoms with van der Waals surface area (Å²) in [7, 11) is -2.45. The SMILES string of the molecule is O=[SH](=O)N1CCc2ccccc21. The first-order valence-electron chi connectivity index (χ1n) is 3.79. The normalized spacial score (nSPS) is 15.2. The molecule has 0 atom stereocenters. The Labute approximate surface area is 72.7 Å². The van der Waals surface area contributed by atoms with Crippen LogP contribution in [0.1, 0.15) is 5.56 Å². The monoisotopic (exact) mass is 183 g/mol. The third-order valence-electron chi connectivity index (χ3n) is 2.06. The molecular weight excluding hydrogens is 174 g/mol. The molecule has 0 saturated heterocycles. The molecule has 0 amide bonds. The summed E-state index contributed by atoms with van der Waals surface area (Å²) in [5.74, 6) is 0. The van der Waals surface area contributed by atoms with Crippen molar-refractivity contribution in [2.75, 3.05) is 10.8 Å². The topological polar surface area (TPSA) is 37.4 Å². The molecule has 0 N–H and O–H groups in total. The Balaban J connectivity index is 2.49. The molecule has 1 aromatic rings. The molecule has 0 aromatic heterocycles. The highest BCUT2D eigenvalue weighted by Crippen LogP contribution is 2.26. The molecule has 1 heterocycles. The van der Waals surface area contributed by atoms with Crippen LogP contribution in [-0.2, 0) is 17.3 Å². The Morgan fingerprint density at radius 3 is 2.75 bits per heavy atom. The number of rotatable bonds is 1. The van der Waals surface area contributed by atoms with Crippen molar-refractivity contribution in [1.82, 2.24) is 0 Å². The van der Waals surface area contributed by atoms with Gasteiger partial charge in [-0.15, -0.1) is 0 Å². The summed E-state index contributed by atoms with van der Waals surface area (Å²) >= 11 is 0. The molecule has 0 unspecified atom stereocenters. The molecule has 1 aliphatic heterocycles. The maximum atomic E-state index is 10.7. The third-order valence-corrected chi connectivity index (χ3v) is 2.87. The predicted octanol–water partition coefficient (Wildman–Crippen LogP) is 0.575. The fraction of sp³-hybridized carbons (Fsp3) is 0.250. The first kappa shape index (κ1) is 7.61.